The van der Waals surface area contributed by atoms with Crippen molar-refractivity contribution in [3.8, 4) is 0 Å². The largest absolute Gasteiger partial charge is 0.273 e. The molecule has 0 aromatic heterocycles. The van der Waals surface area contributed by atoms with Gasteiger partial charge in [0.1, 0.15) is 0 Å². The Kier molecular flexibility index (Phi) is 3.80. The third kappa shape index (κ3) is 3.32. The van der Waals surface area contributed by atoms with Crippen LogP contribution in [-0.4, -0.2) is 31.5 Å². The Morgan fingerprint density at radius 2 is 2.10 bits per heavy atom. The van der Waals surface area contributed by atoms with Gasteiger partial charge in [-0.25, -0.2) is 13.8 Å². The van der Waals surface area contributed by atoms with Crippen LogP contribution in [0.4, 0.5) is 0 Å². The van der Waals surface area contributed by atoms with E-state index in [0.717, 1.165) is 24.1 Å². The molecule has 0 radical (unpaired) electrons. The van der Waals surface area contributed by atoms with Crippen LogP contribution in [0.15, 0.2) is 29.4 Å². The number of benzene rings is 1. The number of carbonyl (C=O) groups is 1. The molecule has 21 heavy (non-hydrogen) atoms. The number of carbonyl (C=O) groups excluding carboxylic acids is 1. The SMILES string of the molecule is O=C(C[C@H]1CCS(=O)(=O)C1)N/N=C1/CCc2ccccc21. The number of nitrogens with zero attached hydrogens (tertiary/aromatic N) is 1. The van der Waals surface area contributed by atoms with E-state index in [1.54, 1.807) is 0 Å². The molecule has 6 heteroatoms. The van der Waals surface area contributed by atoms with Gasteiger partial charge in [-0.05, 0) is 30.7 Å². The van der Waals surface area contributed by atoms with Gasteiger partial charge in [0.15, 0.2) is 9.84 Å². The molecular weight excluding hydrogens is 288 g/mol. The lowest BCUT2D eigenvalue weighted by molar-refractivity contribution is -0.121. The van der Waals surface area contributed by atoms with E-state index in [1.165, 1.54) is 5.56 Å². The molecule has 1 atom stereocenters. The fraction of sp³-hybridized carbons (Fsp3) is 0.467. The summed E-state index contributed by atoms with van der Waals surface area (Å²) >= 11 is 0. The number of hydrogen-bond acceptors (Lipinski definition) is 4. The van der Waals surface area contributed by atoms with Crippen LogP contribution in [0.1, 0.15) is 30.4 Å². The Labute approximate surface area is 124 Å². The molecule has 1 saturated heterocycles. The van der Waals surface area contributed by atoms with Crippen molar-refractivity contribution in [3.63, 3.8) is 0 Å². The summed E-state index contributed by atoms with van der Waals surface area (Å²) in [4.78, 5) is 11.9. The Morgan fingerprint density at radius 3 is 2.86 bits per heavy atom. The number of nitrogens with one attached hydrogen (secondary N) is 1. The highest BCUT2D eigenvalue weighted by molar-refractivity contribution is 7.91. The van der Waals surface area contributed by atoms with Gasteiger partial charge < -0.3 is 0 Å². The molecule has 1 N–H and O–H groups in total. The summed E-state index contributed by atoms with van der Waals surface area (Å²) in [7, 11) is -2.93. The lowest BCUT2D eigenvalue weighted by Gasteiger charge is -2.06. The topological polar surface area (TPSA) is 75.6 Å². The summed E-state index contributed by atoms with van der Waals surface area (Å²) in [6.45, 7) is 0. The van der Waals surface area contributed by atoms with E-state index in [4.69, 9.17) is 0 Å². The smallest absolute Gasteiger partial charge is 0.240 e. The van der Waals surface area contributed by atoms with Crippen molar-refractivity contribution in [2.24, 2.45) is 11.0 Å². The van der Waals surface area contributed by atoms with Crippen molar-refractivity contribution in [1.29, 1.82) is 0 Å². The highest BCUT2D eigenvalue weighted by Gasteiger charge is 2.29. The van der Waals surface area contributed by atoms with Crippen molar-refractivity contribution in [2.75, 3.05) is 11.5 Å². The fourth-order valence-corrected chi connectivity index (χ4v) is 4.86. The molecule has 1 amide bonds. The molecule has 5 nitrogen and oxygen atoms in total. The normalized spacial score (nSPS) is 25.0. The summed E-state index contributed by atoms with van der Waals surface area (Å²) in [6.07, 6.45) is 2.59. The van der Waals surface area contributed by atoms with E-state index in [-0.39, 0.29) is 29.8 Å². The van der Waals surface area contributed by atoms with Crippen LogP contribution in [0.5, 0.6) is 0 Å². The van der Waals surface area contributed by atoms with Crippen LogP contribution >= 0.6 is 0 Å². The molecule has 0 spiro atoms. The Hall–Kier alpha value is -1.69. The number of hydrogen-bond donors (Lipinski definition) is 1. The average molecular weight is 306 g/mol. The highest BCUT2D eigenvalue weighted by Crippen LogP contribution is 2.23. The van der Waals surface area contributed by atoms with Crippen LogP contribution in [0.25, 0.3) is 0 Å². The zero-order chi connectivity index (χ0) is 14.9. The third-order valence-corrected chi connectivity index (χ3v) is 5.91. The lowest BCUT2D eigenvalue weighted by Crippen LogP contribution is -2.22. The Balaban J connectivity index is 1.58. The van der Waals surface area contributed by atoms with Crippen molar-refractivity contribution < 1.29 is 13.2 Å². The van der Waals surface area contributed by atoms with Crippen molar-refractivity contribution in [2.45, 2.75) is 25.7 Å². The van der Waals surface area contributed by atoms with Gasteiger partial charge in [0, 0.05) is 12.0 Å². The monoisotopic (exact) mass is 306 g/mol. The summed E-state index contributed by atoms with van der Waals surface area (Å²) in [5.41, 5.74) is 5.83. The van der Waals surface area contributed by atoms with Gasteiger partial charge in [-0.1, -0.05) is 24.3 Å². The number of hydrazone groups is 1. The van der Waals surface area contributed by atoms with E-state index in [1.807, 2.05) is 18.2 Å². The molecule has 1 aromatic rings. The first-order chi connectivity index (χ1) is 10.0. The minimum atomic E-state index is -2.93. The van der Waals surface area contributed by atoms with E-state index in [9.17, 15) is 13.2 Å². The van der Waals surface area contributed by atoms with Crippen LogP contribution in [0.2, 0.25) is 0 Å². The summed E-state index contributed by atoms with van der Waals surface area (Å²) < 4.78 is 22.7. The maximum Gasteiger partial charge on any atom is 0.240 e. The predicted octanol–water partition coefficient (Wildman–Crippen LogP) is 1.28. The van der Waals surface area contributed by atoms with Crippen molar-refractivity contribution in [3.05, 3.63) is 35.4 Å². The number of sulfone groups is 1. The van der Waals surface area contributed by atoms with Gasteiger partial charge in [-0.3, -0.25) is 4.79 Å². The lowest BCUT2D eigenvalue weighted by atomic mass is 10.1. The molecular formula is C15H18N2O3S. The van der Waals surface area contributed by atoms with Gasteiger partial charge >= 0.3 is 0 Å². The molecule has 1 heterocycles. The molecule has 1 aliphatic heterocycles. The van der Waals surface area contributed by atoms with Gasteiger partial charge in [0.2, 0.25) is 5.91 Å². The van der Waals surface area contributed by atoms with Gasteiger partial charge in [0.25, 0.3) is 0 Å². The minimum Gasteiger partial charge on any atom is -0.273 e. The first-order valence-corrected chi connectivity index (χ1v) is 9.00. The van der Waals surface area contributed by atoms with E-state index in [0.29, 0.717) is 6.42 Å². The standard InChI is InChI=1S/C15H18N2O3S/c18-15(9-11-7-8-21(19,20)10-11)17-16-14-6-5-12-3-1-2-4-13(12)14/h1-4,11H,5-10H2,(H,17,18)/b16-14-/t11-/m1/s1. The van der Waals surface area contributed by atoms with Gasteiger partial charge in [-0.2, -0.15) is 5.10 Å². The Bertz CT molecular complexity index is 695. The molecule has 1 fully saturated rings. The summed E-state index contributed by atoms with van der Waals surface area (Å²) in [5, 5.41) is 4.21. The number of amides is 1. The van der Waals surface area contributed by atoms with E-state index in [2.05, 4.69) is 16.6 Å². The predicted molar refractivity (Wildman–Crippen MR) is 80.8 cm³/mol. The summed E-state index contributed by atoms with van der Waals surface area (Å²) in [5.74, 6) is 0.0622. The number of fused-ring (bicyclic) bond motifs is 1. The zero-order valence-electron chi connectivity index (χ0n) is 11.7. The molecule has 0 unspecified atom stereocenters. The number of rotatable bonds is 3. The van der Waals surface area contributed by atoms with Gasteiger partial charge in [0.05, 0.1) is 17.2 Å². The average Bonchev–Trinajstić information content (AvgIpc) is 3.00. The molecule has 2 aliphatic rings. The van der Waals surface area contributed by atoms with Crippen LogP contribution in [0.3, 0.4) is 0 Å². The van der Waals surface area contributed by atoms with Crippen LogP contribution in [0, 0.1) is 5.92 Å². The second-order valence-electron chi connectivity index (χ2n) is 5.72. The second-order valence-corrected chi connectivity index (χ2v) is 7.95. The second kappa shape index (κ2) is 5.60. The van der Waals surface area contributed by atoms with Crippen molar-refractivity contribution >= 4 is 21.5 Å². The Morgan fingerprint density at radius 1 is 1.29 bits per heavy atom. The summed E-state index contributed by atoms with van der Waals surface area (Å²) in [6, 6.07) is 8.05. The maximum atomic E-state index is 11.9. The first kappa shape index (κ1) is 14.3. The molecule has 0 bridgehead atoms. The van der Waals surface area contributed by atoms with Crippen LogP contribution < -0.4 is 5.43 Å². The highest BCUT2D eigenvalue weighted by atomic mass is 32.2. The molecule has 1 aromatic carbocycles. The fourth-order valence-electron chi connectivity index (χ4n) is 2.99. The maximum absolute atomic E-state index is 11.9. The minimum absolute atomic E-state index is 0.0638. The molecule has 3 rings (SSSR count). The van der Waals surface area contributed by atoms with E-state index < -0.39 is 9.84 Å². The third-order valence-electron chi connectivity index (χ3n) is 4.08. The van der Waals surface area contributed by atoms with Crippen LogP contribution in [-0.2, 0) is 21.1 Å². The van der Waals surface area contributed by atoms with Gasteiger partial charge in [-0.15, -0.1) is 0 Å². The zero-order valence-corrected chi connectivity index (χ0v) is 12.5. The molecule has 112 valence electrons. The quantitative estimate of drug-likeness (QED) is 0.855. The molecule has 0 saturated carbocycles. The van der Waals surface area contributed by atoms with E-state index >= 15 is 0 Å². The molecule has 1 aliphatic carbocycles. The number of aryl methyl sites for hydroxylation is 1. The first-order valence-electron chi connectivity index (χ1n) is 7.17. The van der Waals surface area contributed by atoms with Crippen molar-refractivity contribution in [1.82, 2.24) is 5.43 Å².